The second kappa shape index (κ2) is 4.59. The zero-order chi connectivity index (χ0) is 8.81. The first-order chi connectivity index (χ1) is 5.84. The summed E-state index contributed by atoms with van der Waals surface area (Å²) in [5, 5.41) is 2.83. The van der Waals surface area contributed by atoms with E-state index in [9.17, 15) is 4.79 Å². The highest BCUT2D eigenvalue weighted by Crippen LogP contribution is 1.95. The summed E-state index contributed by atoms with van der Waals surface area (Å²) < 4.78 is 0. The third kappa shape index (κ3) is 2.42. The van der Waals surface area contributed by atoms with E-state index < -0.39 is 0 Å². The molecule has 0 saturated carbocycles. The van der Waals surface area contributed by atoms with Gasteiger partial charge in [-0.2, -0.15) is 0 Å². The minimum absolute atomic E-state index is 0.00435. The lowest BCUT2D eigenvalue weighted by atomic mass is 10.3. The molecular formula is C9H14N2O. The molecule has 12 heavy (non-hydrogen) atoms. The highest BCUT2D eigenvalue weighted by Gasteiger charge is 2.02. The van der Waals surface area contributed by atoms with Crippen molar-refractivity contribution >= 4 is 5.91 Å². The van der Waals surface area contributed by atoms with Gasteiger partial charge in [0.1, 0.15) is 0 Å². The van der Waals surface area contributed by atoms with Crippen molar-refractivity contribution in [1.29, 1.82) is 0 Å². The van der Waals surface area contributed by atoms with Gasteiger partial charge < -0.3 is 10.3 Å². The molecule has 0 aliphatic rings. The summed E-state index contributed by atoms with van der Waals surface area (Å²) in [4.78, 5) is 14.1. The molecule has 0 spiro atoms. The van der Waals surface area contributed by atoms with Gasteiger partial charge in [-0.25, -0.2) is 0 Å². The Morgan fingerprint density at radius 3 is 3.08 bits per heavy atom. The number of carbonyl (C=O) groups excluding carboxylic acids is 1. The third-order valence-electron chi connectivity index (χ3n) is 1.68. The molecule has 1 aromatic heterocycles. The Hall–Kier alpha value is -1.25. The summed E-state index contributed by atoms with van der Waals surface area (Å²) in [6, 6.07) is 1.77. The zero-order valence-electron chi connectivity index (χ0n) is 7.26. The molecule has 0 aliphatic carbocycles. The smallest absolute Gasteiger partial charge is 0.252 e. The van der Waals surface area contributed by atoms with Crippen molar-refractivity contribution in [3.63, 3.8) is 0 Å². The first-order valence-electron chi connectivity index (χ1n) is 4.25. The van der Waals surface area contributed by atoms with Crippen LogP contribution >= 0.6 is 0 Å². The molecule has 1 aromatic rings. The number of rotatable bonds is 4. The Morgan fingerprint density at radius 1 is 1.67 bits per heavy atom. The summed E-state index contributed by atoms with van der Waals surface area (Å²) in [5.74, 6) is 0.00435. The normalized spacial score (nSPS) is 9.75. The van der Waals surface area contributed by atoms with Crippen LogP contribution < -0.4 is 5.32 Å². The molecular weight excluding hydrogens is 152 g/mol. The van der Waals surface area contributed by atoms with Gasteiger partial charge in [0.05, 0.1) is 5.56 Å². The summed E-state index contributed by atoms with van der Waals surface area (Å²) in [5.41, 5.74) is 0.700. The van der Waals surface area contributed by atoms with Gasteiger partial charge >= 0.3 is 0 Å². The lowest BCUT2D eigenvalue weighted by molar-refractivity contribution is 0.0953. The summed E-state index contributed by atoms with van der Waals surface area (Å²) >= 11 is 0. The molecule has 1 heterocycles. The van der Waals surface area contributed by atoms with Crippen molar-refractivity contribution in [2.45, 2.75) is 19.8 Å². The van der Waals surface area contributed by atoms with Crippen molar-refractivity contribution in [1.82, 2.24) is 10.3 Å². The largest absolute Gasteiger partial charge is 0.367 e. The van der Waals surface area contributed by atoms with Crippen LogP contribution in [0.4, 0.5) is 0 Å². The summed E-state index contributed by atoms with van der Waals surface area (Å²) in [6.07, 6.45) is 5.58. The molecule has 2 N–H and O–H groups in total. The molecule has 3 nitrogen and oxygen atoms in total. The van der Waals surface area contributed by atoms with Crippen LogP contribution in [0.1, 0.15) is 30.1 Å². The average Bonchev–Trinajstić information content (AvgIpc) is 2.56. The Bertz CT molecular complexity index is 229. The van der Waals surface area contributed by atoms with Crippen LogP contribution in [0.25, 0.3) is 0 Å². The van der Waals surface area contributed by atoms with E-state index in [1.165, 1.54) is 0 Å². The van der Waals surface area contributed by atoms with Crippen LogP contribution in [0.15, 0.2) is 18.5 Å². The van der Waals surface area contributed by atoms with Gasteiger partial charge in [0, 0.05) is 18.9 Å². The van der Waals surface area contributed by atoms with Gasteiger partial charge in [-0.3, -0.25) is 4.79 Å². The molecule has 3 heteroatoms. The quantitative estimate of drug-likeness (QED) is 0.655. The molecule has 0 fully saturated rings. The van der Waals surface area contributed by atoms with Gasteiger partial charge in [0.2, 0.25) is 0 Å². The number of aromatic amines is 1. The minimum Gasteiger partial charge on any atom is -0.367 e. The fourth-order valence-electron chi connectivity index (χ4n) is 0.946. The maximum atomic E-state index is 11.2. The molecule has 0 aromatic carbocycles. The standard InChI is InChI=1S/C9H14N2O/c1-2-3-5-11-9(12)8-4-6-10-7-8/h4,6-7,10H,2-3,5H2,1H3,(H,11,12). The van der Waals surface area contributed by atoms with Gasteiger partial charge in [-0.1, -0.05) is 13.3 Å². The van der Waals surface area contributed by atoms with Crippen LogP contribution in [-0.2, 0) is 0 Å². The van der Waals surface area contributed by atoms with Crippen LogP contribution in [0.5, 0.6) is 0 Å². The Morgan fingerprint density at radius 2 is 2.50 bits per heavy atom. The van der Waals surface area contributed by atoms with E-state index in [1.807, 2.05) is 0 Å². The lowest BCUT2D eigenvalue weighted by Gasteiger charge is -2.00. The molecule has 0 unspecified atom stereocenters. The molecule has 0 saturated heterocycles. The van der Waals surface area contributed by atoms with E-state index in [2.05, 4.69) is 17.2 Å². The Kier molecular flexibility index (Phi) is 3.38. The fraction of sp³-hybridized carbons (Fsp3) is 0.444. The van der Waals surface area contributed by atoms with Crippen LogP contribution in [-0.4, -0.2) is 17.4 Å². The first-order valence-corrected chi connectivity index (χ1v) is 4.25. The fourth-order valence-corrected chi connectivity index (χ4v) is 0.946. The summed E-state index contributed by atoms with van der Waals surface area (Å²) in [6.45, 7) is 2.86. The van der Waals surface area contributed by atoms with Crippen molar-refractivity contribution in [2.24, 2.45) is 0 Å². The monoisotopic (exact) mass is 166 g/mol. The predicted molar refractivity (Wildman–Crippen MR) is 48.0 cm³/mol. The van der Waals surface area contributed by atoms with Crippen molar-refractivity contribution in [3.8, 4) is 0 Å². The van der Waals surface area contributed by atoms with E-state index >= 15 is 0 Å². The van der Waals surface area contributed by atoms with Crippen LogP contribution in [0, 0.1) is 0 Å². The van der Waals surface area contributed by atoms with Gasteiger partial charge in [-0.05, 0) is 12.5 Å². The average molecular weight is 166 g/mol. The molecule has 0 atom stereocenters. The van der Waals surface area contributed by atoms with E-state index in [-0.39, 0.29) is 5.91 Å². The van der Waals surface area contributed by atoms with Crippen LogP contribution in [0.2, 0.25) is 0 Å². The lowest BCUT2D eigenvalue weighted by Crippen LogP contribution is -2.23. The maximum Gasteiger partial charge on any atom is 0.252 e. The molecule has 0 radical (unpaired) electrons. The van der Waals surface area contributed by atoms with E-state index in [0.717, 1.165) is 19.4 Å². The molecule has 66 valence electrons. The maximum absolute atomic E-state index is 11.2. The number of hydrogen-bond acceptors (Lipinski definition) is 1. The topological polar surface area (TPSA) is 44.9 Å². The molecule has 0 aliphatic heterocycles. The molecule has 0 bridgehead atoms. The third-order valence-corrected chi connectivity index (χ3v) is 1.68. The first kappa shape index (κ1) is 8.84. The number of hydrogen-bond donors (Lipinski definition) is 2. The van der Waals surface area contributed by atoms with Gasteiger partial charge in [0.15, 0.2) is 0 Å². The number of H-pyrrole nitrogens is 1. The van der Waals surface area contributed by atoms with E-state index in [1.54, 1.807) is 18.5 Å². The van der Waals surface area contributed by atoms with Crippen molar-refractivity contribution < 1.29 is 4.79 Å². The van der Waals surface area contributed by atoms with Gasteiger partial charge in [-0.15, -0.1) is 0 Å². The van der Waals surface area contributed by atoms with Crippen LogP contribution in [0.3, 0.4) is 0 Å². The second-order valence-corrected chi connectivity index (χ2v) is 2.71. The number of carbonyl (C=O) groups is 1. The van der Waals surface area contributed by atoms with Crippen molar-refractivity contribution in [3.05, 3.63) is 24.0 Å². The number of aromatic nitrogens is 1. The number of unbranched alkanes of at least 4 members (excludes halogenated alkanes) is 1. The number of amides is 1. The van der Waals surface area contributed by atoms with E-state index in [4.69, 9.17) is 0 Å². The molecule has 1 amide bonds. The predicted octanol–water partition coefficient (Wildman–Crippen LogP) is 1.54. The second-order valence-electron chi connectivity index (χ2n) is 2.71. The minimum atomic E-state index is 0.00435. The van der Waals surface area contributed by atoms with Gasteiger partial charge in [0.25, 0.3) is 5.91 Å². The SMILES string of the molecule is CCCCNC(=O)c1cc[nH]c1. The summed E-state index contributed by atoms with van der Waals surface area (Å²) in [7, 11) is 0. The zero-order valence-corrected chi connectivity index (χ0v) is 7.26. The highest BCUT2D eigenvalue weighted by atomic mass is 16.1. The number of nitrogens with one attached hydrogen (secondary N) is 2. The Balaban J connectivity index is 2.30. The molecule has 1 rings (SSSR count). The van der Waals surface area contributed by atoms with Crippen molar-refractivity contribution in [2.75, 3.05) is 6.54 Å². The highest BCUT2D eigenvalue weighted by molar-refractivity contribution is 5.93. The van der Waals surface area contributed by atoms with E-state index in [0.29, 0.717) is 5.56 Å². The Labute approximate surface area is 72.2 Å².